The number of halogens is 2. The topological polar surface area (TPSA) is 72.2 Å². The van der Waals surface area contributed by atoms with E-state index < -0.39 is 15.7 Å². The molecule has 0 aromatic heterocycles. The van der Waals surface area contributed by atoms with Crippen LogP contribution in [0.2, 0.25) is 0 Å². The minimum Gasteiger partial charge on any atom is -0.397 e. The zero-order valence-corrected chi connectivity index (χ0v) is 11.0. The predicted octanol–water partition coefficient (Wildman–Crippen LogP) is 1.63. The van der Waals surface area contributed by atoms with Gasteiger partial charge in [-0.15, -0.1) is 0 Å². The van der Waals surface area contributed by atoms with E-state index in [9.17, 15) is 12.8 Å². The van der Waals surface area contributed by atoms with Crippen LogP contribution in [0.3, 0.4) is 0 Å². The van der Waals surface area contributed by atoms with Gasteiger partial charge in [0.1, 0.15) is 15.7 Å². The van der Waals surface area contributed by atoms with Gasteiger partial charge in [0.15, 0.2) is 0 Å². The molecule has 16 heavy (non-hydrogen) atoms. The molecule has 0 fully saturated rings. The summed E-state index contributed by atoms with van der Waals surface area (Å²) in [5, 5.41) is 2.77. The lowest BCUT2D eigenvalue weighted by Crippen LogP contribution is -2.15. The molecule has 4 nitrogen and oxygen atoms in total. The standard InChI is InChI=1S/C9H12BrFN2O2S/c1-16(14,15)3-2-13-9-5-7(11)6(10)4-8(9)12/h4-5,13H,2-3,12H2,1H3. The quantitative estimate of drug-likeness (QED) is 0.829. The molecule has 0 spiro atoms. The molecule has 0 bridgehead atoms. The number of nitrogen functional groups attached to an aromatic ring is 1. The normalized spacial score (nSPS) is 11.4. The van der Waals surface area contributed by atoms with E-state index in [4.69, 9.17) is 5.73 Å². The van der Waals surface area contributed by atoms with Gasteiger partial charge in [0.25, 0.3) is 0 Å². The summed E-state index contributed by atoms with van der Waals surface area (Å²) >= 11 is 3.00. The second-order valence-electron chi connectivity index (χ2n) is 3.41. The number of nitrogens with two attached hydrogens (primary N) is 1. The van der Waals surface area contributed by atoms with Crippen molar-refractivity contribution >= 4 is 37.1 Å². The lowest BCUT2D eigenvalue weighted by molar-refractivity contribution is 0.602. The zero-order valence-electron chi connectivity index (χ0n) is 8.63. The van der Waals surface area contributed by atoms with Crippen molar-refractivity contribution in [2.75, 3.05) is 29.6 Å². The molecule has 0 saturated heterocycles. The van der Waals surface area contributed by atoms with E-state index in [0.717, 1.165) is 6.26 Å². The smallest absolute Gasteiger partial charge is 0.149 e. The Bertz CT molecular complexity index is 491. The van der Waals surface area contributed by atoms with Crippen LogP contribution in [0.1, 0.15) is 0 Å². The molecule has 0 aliphatic heterocycles. The number of hydrogen-bond donors (Lipinski definition) is 2. The van der Waals surface area contributed by atoms with Crippen LogP contribution < -0.4 is 11.1 Å². The Kier molecular flexibility index (Phi) is 4.15. The van der Waals surface area contributed by atoms with Gasteiger partial charge in [-0.1, -0.05) is 0 Å². The third-order valence-corrected chi connectivity index (χ3v) is 3.43. The number of sulfone groups is 1. The third-order valence-electron chi connectivity index (χ3n) is 1.88. The highest BCUT2D eigenvalue weighted by atomic mass is 79.9. The molecule has 0 amide bonds. The van der Waals surface area contributed by atoms with Crippen molar-refractivity contribution in [1.29, 1.82) is 0 Å². The molecule has 1 aromatic carbocycles. The highest BCUT2D eigenvalue weighted by Gasteiger charge is 2.07. The molecule has 0 unspecified atom stereocenters. The zero-order chi connectivity index (χ0) is 12.3. The molecule has 3 N–H and O–H groups in total. The molecular formula is C9H12BrFN2O2S. The summed E-state index contributed by atoms with van der Waals surface area (Å²) < 4.78 is 35.2. The van der Waals surface area contributed by atoms with E-state index in [1.807, 2.05) is 0 Å². The SMILES string of the molecule is CS(=O)(=O)CCNc1cc(F)c(Br)cc1N. The van der Waals surface area contributed by atoms with Crippen LogP contribution in [0.4, 0.5) is 15.8 Å². The largest absolute Gasteiger partial charge is 0.397 e. The van der Waals surface area contributed by atoms with Crippen molar-refractivity contribution in [3.63, 3.8) is 0 Å². The van der Waals surface area contributed by atoms with E-state index >= 15 is 0 Å². The van der Waals surface area contributed by atoms with Crippen LogP contribution in [0, 0.1) is 5.82 Å². The lowest BCUT2D eigenvalue weighted by Gasteiger charge is -2.09. The first kappa shape index (κ1) is 13.2. The molecule has 1 aromatic rings. The van der Waals surface area contributed by atoms with Crippen molar-refractivity contribution in [2.24, 2.45) is 0 Å². The van der Waals surface area contributed by atoms with Gasteiger partial charge >= 0.3 is 0 Å². The number of hydrogen-bond acceptors (Lipinski definition) is 4. The Hall–Kier alpha value is -0.820. The fourth-order valence-electron chi connectivity index (χ4n) is 1.09. The Morgan fingerprint density at radius 3 is 2.69 bits per heavy atom. The molecule has 0 radical (unpaired) electrons. The Morgan fingerprint density at radius 1 is 1.50 bits per heavy atom. The number of rotatable bonds is 4. The molecule has 0 aliphatic rings. The van der Waals surface area contributed by atoms with Gasteiger partial charge in [-0.25, -0.2) is 12.8 Å². The van der Waals surface area contributed by atoms with Gasteiger partial charge in [-0.05, 0) is 22.0 Å². The van der Waals surface area contributed by atoms with Gasteiger partial charge in [0.05, 0.1) is 21.6 Å². The minimum atomic E-state index is -3.03. The summed E-state index contributed by atoms with van der Waals surface area (Å²) in [4.78, 5) is 0. The fraction of sp³-hybridized carbons (Fsp3) is 0.333. The van der Waals surface area contributed by atoms with Gasteiger partial charge in [0, 0.05) is 18.9 Å². The first-order valence-corrected chi connectivity index (χ1v) is 7.31. The molecule has 0 aliphatic carbocycles. The van der Waals surface area contributed by atoms with E-state index in [2.05, 4.69) is 21.2 Å². The Balaban J connectivity index is 2.71. The van der Waals surface area contributed by atoms with E-state index in [-0.39, 0.29) is 16.8 Å². The Labute approximate surface area is 102 Å². The molecule has 0 heterocycles. The summed E-state index contributed by atoms with van der Waals surface area (Å²) in [7, 11) is -3.03. The molecule has 90 valence electrons. The average molecular weight is 311 g/mol. The summed E-state index contributed by atoms with van der Waals surface area (Å²) in [5.41, 5.74) is 6.39. The van der Waals surface area contributed by atoms with Crippen molar-refractivity contribution in [1.82, 2.24) is 0 Å². The fourth-order valence-corrected chi connectivity index (χ4v) is 1.92. The maximum Gasteiger partial charge on any atom is 0.149 e. The number of nitrogens with one attached hydrogen (secondary N) is 1. The molecule has 0 saturated carbocycles. The number of anilines is 2. The molecule has 7 heteroatoms. The van der Waals surface area contributed by atoms with Gasteiger partial charge < -0.3 is 11.1 Å². The second kappa shape index (κ2) is 5.01. The molecule has 0 atom stereocenters. The third kappa shape index (κ3) is 3.97. The van der Waals surface area contributed by atoms with E-state index in [0.29, 0.717) is 11.4 Å². The Morgan fingerprint density at radius 2 is 2.12 bits per heavy atom. The predicted molar refractivity (Wildman–Crippen MR) is 66.7 cm³/mol. The van der Waals surface area contributed by atoms with Crippen molar-refractivity contribution in [3.05, 3.63) is 22.4 Å². The molecule has 1 rings (SSSR count). The van der Waals surface area contributed by atoms with E-state index in [1.165, 1.54) is 12.1 Å². The van der Waals surface area contributed by atoms with Crippen LogP contribution in [0.25, 0.3) is 0 Å². The first-order valence-electron chi connectivity index (χ1n) is 4.46. The van der Waals surface area contributed by atoms with Crippen LogP contribution in [-0.2, 0) is 9.84 Å². The molecular weight excluding hydrogens is 299 g/mol. The maximum atomic E-state index is 13.2. The second-order valence-corrected chi connectivity index (χ2v) is 6.52. The highest BCUT2D eigenvalue weighted by molar-refractivity contribution is 9.10. The maximum absolute atomic E-state index is 13.2. The number of benzene rings is 1. The summed E-state index contributed by atoms with van der Waals surface area (Å²) in [6.45, 7) is 0.199. The van der Waals surface area contributed by atoms with Crippen LogP contribution in [0.5, 0.6) is 0 Å². The monoisotopic (exact) mass is 310 g/mol. The van der Waals surface area contributed by atoms with Crippen LogP contribution in [0.15, 0.2) is 16.6 Å². The van der Waals surface area contributed by atoms with Gasteiger partial charge in [-0.3, -0.25) is 0 Å². The van der Waals surface area contributed by atoms with Crippen molar-refractivity contribution in [3.8, 4) is 0 Å². The first-order chi connectivity index (χ1) is 7.29. The summed E-state index contributed by atoms with van der Waals surface area (Å²) in [6.07, 6.45) is 1.14. The van der Waals surface area contributed by atoms with E-state index in [1.54, 1.807) is 0 Å². The average Bonchev–Trinajstić information content (AvgIpc) is 2.11. The van der Waals surface area contributed by atoms with Crippen molar-refractivity contribution in [2.45, 2.75) is 0 Å². The van der Waals surface area contributed by atoms with Crippen molar-refractivity contribution < 1.29 is 12.8 Å². The minimum absolute atomic E-state index is 0.0237. The van der Waals surface area contributed by atoms with Gasteiger partial charge in [0.2, 0.25) is 0 Å². The lowest BCUT2D eigenvalue weighted by atomic mass is 10.2. The van der Waals surface area contributed by atoms with Crippen LogP contribution in [-0.4, -0.2) is 27.0 Å². The summed E-state index contributed by atoms with van der Waals surface area (Å²) in [6, 6.07) is 2.65. The van der Waals surface area contributed by atoms with Crippen LogP contribution >= 0.6 is 15.9 Å². The summed E-state index contributed by atoms with van der Waals surface area (Å²) in [5.74, 6) is -0.472. The van der Waals surface area contributed by atoms with Gasteiger partial charge in [-0.2, -0.15) is 0 Å². The highest BCUT2D eigenvalue weighted by Crippen LogP contribution is 2.26.